The number of oxazole rings is 2. The smallest absolute Gasteiger partial charge is 0.181 e. The molecule has 0 bridgehead atoms. The molecule has 1 atom stereocenters. The number of fused-ring (bicyclic) bond motifs is 2. The first-order valence-corrected chi connectivity index (χ1v) is 16.6. The Morgan fingerprint density at radius 2 is 1.06 bits per heavy atom. The van der Waals surface area contributed by atoms with Gasteiger partial charge in [0, 0.05) is 11.1 Å². The van der Waals surface area contributed by atoms with Crippen LogP contribution in [-0.4, -0.2) is 9.97 Å². The number of hydrogen-bond donors (Lipinski definition) is 0. The molecule has 1 aliphatic rings. The molecule has 2 heterocycles. The summed E-state index contributed by atoms with van der Waals surface area (Å²) in [6.07, 6.45) is 12.1. The van der Waals surface area contributed by atoms with Gasteiger partial charge in [-0.25, -0.2) is 9.97 Å². The van der Waals surface area contributed by atoms with Crippen molar-refractivity contribution in [3.05, 3.63) is 164 Å². The molecule has 0 aliphatic heterocycles. The molecular weight excluding hydrogens is 601 g/mol. The van der Waals surface area contributed by atoms with Gasteiger partial charge < -0.3 is 8.83 Å². The van der Waals surface area contributed by atoms with Gasteiger partial charge >= 0.3 is 0 Å². The quantitative estimate of drug-likeness (QED) is 0.183. The standard InChI is InChI=1S/C45H32N2O2/c1-29-10-20-38-40(22-29)44(33-15-11-31(12-16-33)42-25-46-27-48-42)39-21-19-37(36-9-5-8-35(23-36)30-6-3-2-4-7-30)24-41(39)45(38)34-17-13-32(14-18-34)43-26-47-28-49-43/h2-21,23-29H,22H2,1H3. The minimum atomic E-state index is 0.429. The fourth-order valence-electron chi connectivity index (χ4n) is 7.26. The number of aromatic nitrogens is 2. The molecule has 0 N–H and O–H groups in total. The third kappa shape index (κ3) is 5.28. The van der Waals surface area contributed by atoms with Gasteiger partial charge in [-0.05, 0) is 90.9 Å². The number of nitrogens with zero attached hydrogens (tertiary/aromatic N) is 2. The van der Waals surface area contributed by atoms with E-state index >= 15 is 0 Å². The van der Waals surface area contributed by atoms with Gasteiger partial charge in [0.15, 0.2) is 24.3 Å². The highest BCUT2D eigenvalue weighted by Gasteiger charge is 2.24. The Kier molecular flexibility index (Phi) is 7.13. The van der Waals surface area contributed by atoms with E-state index in [9.17, 15) is 0 Å². The van der Waals surface area contributed by atoms with Crippen LogP contribution in [0.1, 0.15) is 18.1 Å². The third-order valence-corrected chi connectivity index (χ3v) is 9.66. The molecule has 0 saturated heterocycles. The van der Waals surface area contributed by atoms with Crippen LogP contribution in [0.2, 0.25) is 0 Å². The molecule has 0 radical (unpaired) electrons. The van der Waals surface area contributed by atoms with Crippen molar-refractivity contribution in [2.45, 2.75) is 13.3 Å². The monoisotopic (exact) mass is 632 g/mol. The minimum Gasteiger partial charge on any atom is -0.444 e. The van der Waals surface area contributed by atoms with Gasteiger partial charge in [0.2, 0.25) is 0 Å². The molecule has 0 spiro atoms. The fourth-order valence-corrected chi connectivity index (χ4v) is 7.26. The second kappa shape index (κ2) is 12.1. The van der Waals surface area contributed by atoms with Crippen LogP contribution in [0.25, 0.3) is 84.0 Å². The topological polar surface area (TPSA) is 52.1 Å². The molecule has 234 valence electrons. The maximum absolute atomic E-state index is 5.61. The molecule has 0 fully saturated rings. The van der Waals surface area contributed by atoms with Crippen molar-refractivity contribution < 1.29 is 8.83 Å². The summed E-state index contributed by atoms with van der Waals surface area (Å²) < 4.78 is 11.2. The van der Waals surface area contributed by atoms with E-state index in [2.05, 4.69) is 150 Å². The fraction of sp³-hybridized carbons (Fsp3) is 0.0667. The second-order valence-corrected chi connectivity index (χ2v) is 12.8. The lowest BCUT2D eigenvalue weighted by Crippen LogP contribution is -2.08. The first-order chi connectivity index (χ1) is 24.2. The highest BCUT2D eigenvalue weighted by molar-refractivity contribution is 6.11. The molecule has 0 amide bonds. The van der Waals surface area contributed by atoms with Crippen LogP contribution in [0.3, 0.4) is 0 Å². The molecule has 1 aliphatic carbocycles. The van der Waals surface area contributed by atoms with Crippen molar-refractivity contribution in [3.8, 4) is 67.2 Å². The summed E-state index contributed by atoms with van der Waals surface area (Å²) in [5, 5.41) is 2.47. The number of rotatable bonds is 6. The summed E-state index contributed by atoms with van der Waals surface area (Å²) >= 11 is 0. The van der Waals surface area contributed by atoms with E-state index in [4.69, 9.17) is 8.83 Å². The maximum atomic E-state index is 5.61. The van der Waals surface area contributed by atoms with Crippen molar-refractivity contribution in [1.29, 1.82) is 0 Å². The van der Waals surface area contributed by atoms with E-state index in [0.717, 1.165) is 29.1 Å². The molecule has 1 unspecified atom stereocenters. The first-order valence-electron chi connectivity index (χ1n) is 16.6. The molecule has 2 aromatic heterocycles. The zero-order valence-electron chi connectivity index (χ0n) is 27.0. The highest BCUT2D eigenvalue weighted by Crippen LogP contribution is 2.47. The van der Waals surface area contributed by atoms with Crippen LogP contribution < -0.4 is 0 Å². The average molecular weight is 633 g/mol. The summed E-state index contributed by atoms with van der Waals surface area (Å²) in [4.78, 5) is 8.24. The third-order valence-electron chi connectivity index (χ3n) is 9.66. The Hall–Kier alpha value is -6.26. The van der Waals surface area contributed by atoms with Crippen molar-refractivity contribution >= 4 is 16.8 Å². The zero-order valence-corrected chi connectivity index (χ0v) is 27.0. The first kappa shape index (κ1) is 28.9. The minimum absolute atomic E-state index is 0.429. The predicted molar refractivity (Wildman–Crippen MR) is 199 cm³/mol. The SMILES string of the molecule is CC1C=Cc2c(c(-c3ccc(-c4cnco4)cc3)c3ccc(-c4cccc(-c5ccccc5)c4)cc3c2-c2ccc(-c3cnco3)cc2)C1. The van der Waals surface area contributed by atoms with Crippen LogP contribution in [-0.2, 0) is 6.42 Å². The summed E-state index contributed by atoms with van der Waals surface area (Å²) in [5.41, 5.74) is 14.4. The Labute approximate surface area is 285 Å². The van der Waals surface area contributed by atoms with Crippen molar-refractivity contribution in [2.24, 2.45) is 5.92 Å². The zero-order chi connectivity index (χ0) is 32.7. The molecule has 8 aromatic rings. The molecule has 49 heavy (non-hydrogen) atoms. The van der Waals surface area contributed by atoms with E-state index in [1.165, 1.54) is 79.2 Å². The van der Waals surface area contributed by atoms with Gasteiger partial charge in [-0.1, -0.05) is 128 Å². The van der Waals surface area contributed by atoms with E-state index in [1.54, 1.807) is 12.4 Å². The van der Waals surface area contributed by atoms with Gasteiger partial charge in [0.05, 0.1) is 12.4 Å². The van der Waals surface area contributed by atoms with E-state index in [-0.39, 0.29) is 0 Å². The molecule has 4 heteroatoms. The summed E-state index contributed by atoms with van der Waals surface area (Å²) in [6, 6.07) is 43.8. The largest absolute Gasteiger partial charge is 0.444 e. The molecule has 9 rings (SSSR count). The molecule has 6 aromatic carbocycles. The molecule has 4 nitrogen and oxygen atoms in total. The van der Waals surface area contributed by atoms with Crippen LogP contribution in [0.15, 0.2) is 161 Å². The van der Waals surface area contributed by atoms with Crippen molar-refractivity contribution in [3.63, 3.8) is 0 Å². The van der Waals surface area contributed by atoms with Crippen LogP contribution in [0, 0.1) is 5.92 Å². The predicted octanol–water partition coefficient (Wildman–Crippen LogP) is 12.0. The normalized spacial score (nSPS) is 13.9. The Balaban J connectivity index is 1.28. The number of hydrogen-bond acceptors (Lipinski definition) is 4. The van der Waals surface area contributed by atoms with Crippen LogP contribution >= 0.6 is 0 Å². The lowest BCUT2D eigenvalue weighted by Gasteiger charge is -2.26. The van der Waals surface area contributed by atoms with Crippen LogP contribution in [0.4, 0.5) is 0 Å². The van der Waals surface area contributed by atoms with Gasteiger partial charge in [-0.2, -0.15) is 0 Å². The lowest BCUT2D eigenvalue weighted by molar-refractivity contribution is 0.571. The number of allylic oxidation sites excluding steroid dienone is 1. The Bertz CT molecular complexity index is 2440. The average Bonchev–Trinajstić information content (AvgIpc) is 3.91. The van der Waals surface area contributed by atoms with Gasteiger partial charge in [-0.15, -0.1) is 0 Å². The van der Waals surface area contributed by atoms with Gasteiger partial charge in [0.1, 0.15) is 0 Å². The maximum Gasteiger partial charge on any atom is 0.181 e. The lowest BCUT2D eigenvalue weighted by atomic mass is 9.77. The van der Waals surface area contributed by atoms with Crippen molar-refractivity contribution in [2.75, 3.05) is 0 Å². The van der Waals surface area contributed by atoms with E-state index < -0.39 is 0 Å². The van der Waals surface area contributed by atoms with Crippen molar-refractivity contribution in [1.82, 2.24) is 9.97 Å². The van der Waals surface area contributed by atoms with E-state index in [1.807, 2.05) is 0 Å². The number of benzene rings is 6. The Morgan fingerprint density at radius 3 is 1.69 bits per heavy atom. The molecule has 0 saturated carbocycles. The highest BCUT2D eigenvalue weighted by atomic mass is 16.3. The van der Waals surface area contributed by atoms with Gasteiger partial charge in [-0.3, -0.25) is 0 Å². The van der Waals surface area contributed by atoms with Gasteiger partial charge in [0.25, 0.3) is 0 Å². The molecular formula is C45H32N2O2. The van der Waals surface area contributed by atoms with E-state index in [0.29, 0.717) is 5.92 Å². The summed E-state index contributed by atoms with van der Waals surface area (Å²) in [6.45, 7) is 2.30. The van der Waals surface area contributed by atoms with Crippen LogP contribution in [0.5, 0.6) is 0 Å². The Morgan fingerprint density at radius 1 is 0.510 bits per heavy atom. The second-order valence-electron chi connectivity index (χ2n) is 12.8. The summed E-state index contributed by atoms with van der Waals surface area (Å²) in [5.74, 6) is 1.96. The summed E-state index contributed by atoms with van der Waals surface area (Å²) in [7, 11) is 0.